The minimum atomic E-state index is -4.12. The van der Waals surface area contributed by atoms with Crippen molar-refractivity contribution in [3.63, 3.8) is 0 Å². The number of ether oxygens (including phenoxy) is 8. The van der Waals surface area contributed by atoms with Gasteiger partial charge in [-0.05, 0) is 158 Å². The van der Waals surface area contributed by atoms with E-state index in [0.717, 1.165) is 23.5 Å². The Hall–Kier alpha value is -1.59. The van der Waals surface area contributed by atoms with Crippen LogP contribution >= 0.6 is 101 Å². The van der Waals surface area contributed by atoms with Crippen molar-refractivity contribution in [2.75, 3.05) is 64.4 Å². The molecule has 0 spiro atoms. The minimum Gasteiger partial charge on any atom is -0.462 e. The average molecular weight is 1860 g/mol. The van der Waals surface area contributed by atoms with Gasteiger partial charge in [-0.15, -0.1) is 46.4 Å². The van der Waals surface area contributed by atoms with Crippen molar-refractivity contribution in [1.29, 1.82) is 0 Å². The molecule has 24 atom stereocenters. The van der Waals surface area contributed by atoms with Crippen molar-refractivity contribution in [1.82, 2.24) is 20.3 Å². The third-order valence-electron chi connectivity index (χ3n) is 17.6. The number of hydrogen-bond acceptors (Lipinski definition) is 33. The number of thioether (sulfide) groups is 2. The van der Waals surface area contributed by atoms with Crippen LogP contribution in [-0.4, -0.2) is 289 Å². The predicted molar refractivity (Wildman–Crippen MR) is 443 cm³/mol. The fourth-order valence-electron chi connectivity index (χ4n) is 10.0. The number of nitrogens with one attached hydrogen (secondary N) is 4. The highest BCUT2D eigenvalue weighted by atomic mass is 35.5. The summed E-state index contributed by atoms with van der Waals surface area (Å²) in [5, 5.41) is 59.1. The third-order valence-corrected chi connectivity index (χ3v) is 28.6. The van der Waals surface area contributed by atoms with Gasteiger partial charge in [0.2, 0.25) is 0 Å². The standard InChI is InChI=1S/2C19H34BClNO9PS.C18H26BClNO7P.C13H23ClNO6P/c2*1-11(2)30-15(25)12(3)22-32(27,28-7-8-33-17(26)18(4,5)10-23)29-9-13-14(24)19(6,21)16(20)31-13;1-11(2)26-16(23)12(3)21-29(24,28-13-8-6-5-7-9-13)25-10-14-15(22)18(4,20)17(19)27-14;1-7(2)19-12(16)8(3)15-22(17)18-6-10-11(21-22)13(5,14)9(4)20-10/h2*11-14,16,23-24H,7-10H2,1-6H3,(H,22,27);5-9,11-12,14-15,17,22H,10H2,1-4H3,(H,21,24);7-11H,6H2,1-5H3,(H,15,17)/t12-,13+,14+,16+,19+,32?;12-,13-,14-,16-,19-,32?;12-,14-,15-,17-,18-,29?;8-,9+,10-,11-,13+,22?/m0111/s1. The van der Waals surface area contributed by atoms with E-state index in [9.17, 15) is 72.6 Å². The first kappa shape index (κ1) is 110. The van der Waals surface area contributed by atoms with Gasteiger partial charge >= 0.3 is 54.9 Å². The number of rotatable bonds is 39. The fourth-order valence-corrected chi connectivity index (χ4v) is 19.0. The maximum absolute atomic E-state index is 13.3. The fraction of sp³-hybridized carbons (Fsp3) is 0.826. The zero-order chi connectivity index (χ0) is 89.8. The van der Waals surface area contributed by atoms with Crippen LogP contribution in [-0.2, 0) is 117 Å². The highest BCUT2D eigenvalue weighted by molar-refractivity contribution is 8.14. The number of hydrogen-bond donors (Lipinski definition) is 9. The van der Waals surface area contributed by atoms with E-state index in [4.69, 9.17) is 144 Å². The summed E-state index contributed by atoms with van der Waals surface area (Å²) >= 11 is 26.8. The number of esters is 4. The number of benzene rings is 1. The molecule has 668 valence electrons. The van der Waals surface area contributed by atoms with E-state index in [0.29, 0.717) is 0 Å². The number of aliphatic hydroxyl groups excluding tert-OH is 5. The van der Waals surface area contributed by atoms with Gasteiger partial charge in [0.15, 0.2) is 10.2 Å². The van der Waals surface area contributed by atoms with Crippen molar-refractivity contribution in [3.05, 3.63) is 30.3 Å². The summed E-state index contributed by atoms with van der Waals surface area (Å²) < 4.78 is 138. The van der Waals surface area contributed by atoms with E-state index in [2.05, 4.69) is 20.3 Å². The summed E-state index contributed by atoms with van der Waals surface area (Å²) in [5.74, 6) is -1.97. The Kier molecular flexibility index (Phi) is 44.3. The molecule has 9 N–H and O–H groups in total. The summed E-state index contributed by atoms with van der Waals surface area (Å²) in [4.78, 5) is 67.9. The van der Waals surface area contributed by atoms with E-state index in [1.54, 1.807) is 120 Å². The molecule has 4 unspecified atom stereocenters. The van der Waals surface area contributed by atoms with Gasteiger partial charge in [0, 0.05) is 29.5 Å². The number of carbonyl (C=O) groups excluding carboxylic acids is 6. The molecule has 117 heavy (non-hydrogen) atoms. The lowest BCUT2D eigenvalue weighted by atomic mass is 9.85. The number of para-hydroxylation sites is 1. The lowest BCUT2D eigenvalue weighted by molar-refractivity contribution is -0.150. The molecule has 48 heteroatoms. The first-order chi connectivity index (χ1) is 53.6. The third kappa shape index (κ3) is 33.9. The maximum Gasteiger partial charge on any atom is 0.459 e. The molecular weight excluding hydrogens is 1740 g/mol. The maximum atomic E-state index is 13.3. The topological polar surface area (TPSA) is 468 Å². The quantitative estimate of drug-likeness (QED) is 0.00758. The van der Waals surface area contributed by atoms with Gasteiger partial charge in [0.05, 0.1) is 114 Å². The van der Waals surface area contributed by atoms with Gasteiger partial charge in [-0.2, -0.15) is 5.09 Å². The predicted octanol–water partition coefficient (Wildman–Crippen LogP) is 7.77. The summed E-state index contributed by atoms with van der Waals surface area (Å²) in [5.41, 5.74) is -1.86. The van der Waals surface area contributed by atoms with E-state index in [-0.39, 0.29) is 104 Å². The van der Waals surface area contributed by atoms with E-state index in [1.165, 1.54) is 48.5 Å². The van der Waals surface area contributed by atoms with Crippen molar-refractivity contribution < 1.29 is 147 Å². The minimum absolute atomic E-state index is 0.0908. The normalized spacial score (nSPS) is 31.6. The van der Waals surface area contributed by atoms with Crippen LogP contribution in [0, 0.1) is 10.8 Å². The van der Waals surface area contributed by atoms with Crippen LogP contribution in [0.4, 0.5) is 0 Å². The second kappa shape index (κ2) is 47.3. The molecule has 0 aliphatic carbocycles. The van der Waals surface area contributed by atoms with Crippen molar-refractivity contribution in [3.8, 4) is 5.75 Å². The van der Waals surface area contributed by atoms with E-state index < -0.39 is 183 Å². The van der Waals surface area contributed by atoms with Gasteiger partial charge in [0.1, 0.15) is 102 Å². The molecule has 0 amide bonds. The van der Waals surface area contributed by atoms with E-state index >= 15 is 0 Å². The summed E-state index contributed by atoms with van der Waals surface area (Å²) in [6.45, 7) is 32.0. The molecule has 5 aliphatic heterocycles. The number of fused-ring (bicyclic) bond motifs is 1. The van der Waals surface area contributed by atoms with Crippen LogP contribution in [0.1, 0.15) is 145 Å². The van der Waals surface area contributed by atoms with Crippen LogP contribution in [0.3, 0.4) is 0 Å². The zero-order valence-corrected chi connectivity index (χ0v) is 77.9. The molecule has 5 heterocycles. The molecule has 35 nitrogen and oxygen atoms in total. The first-order valence-corrected chi connectivity index (χ1v) is 47.1. The number of aliphatic hydroxyl groups is 5. The Morgan fingerprint density at radius 1 is 0.530 bits per heavy atom. The van der Waals surface area contributed by atoms with E-state index in [1.807, 2.05) is 6.92 Å². The molecule has 6 rings (SSSR count). The smallest absolute Gasteiger partial charge is 0.459 e. The van der Waals surface area contributed by atoms with Crippen LogP contribution in [0.5, 0.6) is 5.75 Å². The summed E-state index contributed by atoms with van der Waals surface area (Å²) in [6.07, 6.45) is -9.06. The van der Waals surface area contributed by atoms with Crippen molar-refractivity contribution >= 4 is 159 Å². The van der Waals surface area contributed by atoms with Crippen molar-refractivity contribution in [2.24, 2.45) is 10.8 Å². The average Bonchev–Trinajstić information content (AvgIpc) is 1.62. The van der Waals surface area contributed by atoms with Crippen LogP contribution in [0.2, 0.25) is 0 Å². The molecular formula is C69H117B3Cl4N4O31P4S2. The van der Waals surface area contributed by atoms with Gasteiger partial charge in [-0.25, -0.2) is 33.5 Å². The second-order valence-corrected chi connectivity index (χ2v) is 43.4. The summed E-state index contributed by atoms with van der Waals surface area (Å²) in [6, 6.07) is 1.52. The molecule has 0 aromatic heterocycles. The highest BCUT2D eigenvalue weighted by Crippen LogP contribution is 2.56. The molecule has 1 aromatic rings. The lowest BCUT2D eigenvalue weighted by Crippen LogP contribution is -2.47. The molecule has 0 bridgehead atoms. The second-order valence-electron chi connectivity index (χ2n) is 31.0. The molecule has 1 aromatic carbocycles. The molecule has 6 radical (unpaired) electrons. The highest BCUT2D eigenvalue weighted by Gasteiger charge is 2.58. The largest absolute Gasteiger partial charge is 0.462 e. The Morgan fingerprint density at radius 2 is 0.846 bits per heavy atom. The Bertz CT molecular complexity index is 3450. The summed E-state index contributed by atoms with van der Waals surface area (Å²) in [7, 11) is 1.36. The van der Waals surface area contributed by atoms with Crippen LogP contribution in [0.15, 0.2) is 30.3 Å². The van der Waals surface area contributed by atoms with Gasteiger partial charge in [0.25, 0.3) is 0 Å². The molecule has 5 aliphatic rings. The van der Waals surface area contributed by atoms with Gasteiger partial charge < -0.3 is 68.0 Å². The Morgan fingerprint density at radius 3 is 1.15 bits per heavy atom. The Balaban J connectivity index is 0.000000407. The van der Waals surface area contributed by atoms with Gasteiger partial charge in [-0.3, -0.25) is 60.4 Å². The molecule has 5 saturated heterocycles. The SMILES string of the molecule is CC(C)OC(=O)[C@@H](C)NP1(=O)OC[C@H]2O[C@@H](C)[C@](C)(Cl)[C@@H]2O1.[B][C@@H]1O[C@H](COP(=O)(N[C@@H](C)C(=O)OC(C)C)OCCSC(=O)C(C)(C)CO)[C@@H](O)[C@@]1(C)Cl.[B][C@@H]1O[C@H](COP(=O)(N[C@H](C)C(=O)OC(C)C)OCCSC(=O)C(C)(C)CO)[C@@H](O)[C@@]1(C)Cl.[B][C@@H]1O[C@H](COP(=O)(N[C@H](C)C(=O)OC(C)C)Oc2ccccc2)[C@@H](O)[C@@]1(C)Cl. The first-order valence-electron chi connectivity index (χ1n) is 37.5. The molecule has 5 fully saturated rings. The number of carbonyl (C=O) groups is 6. The van der Waals surface area contributed by atoms with Crippen molar-refractivity contribution in [2.45, 2.75) is 286 Å². The lowest BCUT2D eigenvalue weighted by Gasteiger charge is -2.36. The monoisotopic (exact) mass is 1860 g/mol. The van der Waals surface area contributed by atoms with Crippen LogP contribution in [0.25, 0.3) is 0 Å². The van der Waals surface area contributed by atoms with Crippen LogP contribution < -0.4 is 24.9 Å². The Labute approximate surface area is 718 Å². The van der Waals surface area contributed by atoms with Gasteiger partial charge in [-0.1, -0.05) is 41.7 Å². The molecule has 0 saturated carbocycles. The number of halogens is 4. The zero-order valence-electron chi connectivity index (χ0n) is 69.7. The number of alkyl halides is 4.